The van der Waals surface area contributed by atoms with Gasteiger partial charge in [-0.15, -0.1) is 0 Å². The van der Waals surface area contributed by atoms with Crippen LogP contribution in [0.25, 0.3) is 0 Å². The van der Waals surface area contributed by atoms with E-state index in [1.54, 1.807) is 21.9 Å². The molecule has 6 nitrogen and oxygen atoms in total. The van der Waals surface area contributed by atoms with E-state index in [0.29, 0.717) is 56.4 Å². The lowest BCUT2D eigenvalue weighted by Crippen LogP contribution is -2.51. The van der Waals surface area contributed by atoms with Gasteiger partial charge < -0.3 is 19.3 Å². The molecule has 25 heavy (non-hydrogen) atoms. The number of hydrogen-bond donors (Lipinski definition) is 0. The summed E-state index contributed by atoms with van der Waals surface area (Å²) in [5.74, 6) is 0.668. The second-order valence-corrected chi connectivity index (χ2v) is 7.04. The Bertz CT molecular complexity index is 606. The number of piperazine rings is 1. The highest BCUT2D eigenvalue weighted by Gasteiger charge is 2.23. The molecule has 0 saturated carbocycles. The van der Waals surface area contributed by atoms with Crippen molar-refractivity contribution in [3.63, 3.8) is 0 Å². The van der Waals surface area contributed by atoms with Crippen molar-refractivity contribution in [3.8, 4) is 5.75 Å². The first-order valence-corrected chi connectivity index (χ1v) is 9.30. The standard InChI is InChI=1S/C17H22BrClN2O4/c1-24-12-17(23)21-8-6-20(7-9-21)16(22)3-2-10-25-15-5-4-13(18)11-14(15)19/h4-5,11H,2-3,6-10,12H2,1H3. The van der Waals surface area contributed by atoms with Gasteiger partial charge in [0.15, 0.2) is 0 Å². The lowest BCUT2D eigenvalue weighted by atomic mass is 10.2. The van der Waals surface area contributed by atoms with Crippen LogP contribution in [0.5, 0.6) is 5.75 Å². The van der Waals surface area contributed by atoms with E-state index < -0.39 is 0 Å². The summed E-state index contributed by atoms with van der Waals surface area (Å²) in [6, 6.07) is 5.42. The third-order valence-corrected chi connectivity index (χ3v) is 4.73. The van der Waals surface area contributed by atoms with Crippen LogP contribution in [0.15, 0.2) is 22.7 Å². The fourth-order valence-electron chi connectivity index (χ4n) is 2.58. The normalized spacial score (nSPS) is 14.5. The van der Waals surface area contributed by atoms with Crippen LogP contribution in [0.2, 0.25) is 5.02 Å². The highest BCUT2D eigenvalue weighted by Crippen LogP contribution is 2.27. The van der Waals surface area contributed by atoms with Gasteiger partial charge >= 0.3 is 0 Å². The van der Waals surface area contributed by atoms with Crippen molar-refractivity contribution in [2.75, 3.05) is 46.5 Å². The van der Waals surface area contributed by atoms with Crippen LogP contribution >= 0.6 is 27.5 Å². The van der Waals surface area contributed by atoms with Crippen molar-refractivity contribution in [1.29, 1.82) is 0 Å². The molecular weight excluding hydrogens is 412 g/mol. The molecule has 1 heterocycles. The highest BCUT2D eigenvalue weighted by molar-refractivity contribution is 9.10. The first-order chi connectivity index (χ1) is 12.0. The van der Waals surface area contributed by atoms with Crippen LogP contribution in [0.3, 0.4) is 0 Å². The molecule has 8 heteroatoms. The van der Waals surface area contributed by atoms with Gasteiger partial charge in [0.2, 0.25) is 11.8 Å². The lowest BCUT2D eigenvalue weighted by molar-refractivity contribution is -0.141. The molecule has 1 aromatic rings. The maximum absolute atomic E-state index is 12.2. The second-order valence-electron chi connectivity index (χ2n) is 5.72. The number of amides is 2. The molecule has 1 aromatic carbocycles. The summed E-state index contributed by atoms with van der Waals surface area (Å²) in [6.07, 6.45) is 1.04. The van der Waals surface area contributed by atoms with Crippen molar-refractivity contribution < 1.29 is 19.1 Å². The molecular formula is C17H22BrClN2O4. The number of benzene rings is 1. The van der Waals surface area contributed by atoms with E-state index >= 15 is 0 Å². The fourth-order valence-corrected chi connectivity index (χ4v) is 3.30. The largest absolute Gasteiger partial charge is 0.492 e. The molecule has 1 fully saturated rings. The Kier molecular flexibility index (Phi) is 7.99. The van der Waals surface area contributed by atoms with E-state index in [1.165, 1.54) is 7.11 Å². The van der Waals surface area contributed by atoms with Crippen molar-refractivity contribution >= 4 is 39.3 Å². The van der Waals surface area contributed by atoms with E-state index in [4.69, 9.17) is 21.1 Å². The van der Waals surface area contributed by atoms with E-state index in [2.05, 4.69) is 15.9 Å². The topological polar surface area (TPSA) is 59.1 Å². The van der Waals surface area contributed by atoms with E-state index in [9.17, 15) is 9.59 Å². The summed E-state index contributed by atoms with van der Waals surface area (Å²) in [7, 11) is 1.50. The molecule has 0 aliphatic carbocycles. The van der Waals surface area contributed by atoms with E-state index in [0.717, 1.165) is 4.47 Å². The van der Waals surface area contributed by atoms with Crippen LogP contribution in [0.4, 0.5) is 0 Å². The van der Waals surface area contributed by atoms with Gasteiger partial charge in [0, 0.05) is 44.2 Å². The molecule has 0 bridgehead atoms. The second kappa shape index (κ2) is 9.99. The molecule has 0 N–H and O–H groups in total. The predicted octanol–water partition coefficient (Wildman–Crippen LogP) is 2.58. The fraction of sp³-hybridized carbons (Fsp3) is 0.529. The van der Waals surface area contributed by atoms with Gasteiger partial charge in [0.1, 0.15) is 12.4 Å². The first kappa shape index (κ1) is 20.0. The predicted molar refractivity (Wildman–Crippen MR) is 98.9 cm³/mol. The third kappa shape index (κ3) is 6.17. The number of carbonyl (C=O) groups is 2. The molecule has 0 radical (unpaired) electrons. The van der Waals surface area contributed by atoms with Gasteiger partial charge in [-0.25, -0.2) is 0 Å². The van der Waals surface area contributed by atoms with E-state index in [1.807, 2.05) is 6.07 Å². The van der Waals surface area contributed by atoms with Gasteiger partial charge in [-0.2, -0.15) is 0 Å². The summed E-state index contributed by atoms with van der Waals surface area (Å²) < 4.78 is 11.4. The van der Waals surface area contributed by atoms with E-state index in [-0.39, 0.29) is 18.4 Å². The summed E-state index contributed by atoms with van der Waals surface area (Å²) in [6.45, 7) is 2.75. The van der Waals surface area contributed by atoms with Gasteiger partial charge in [-0.05, 0) is 24.6 Å². The number of halogens is 2. The zero-order chi connectivity index (χ0) is 18.2. The Balaban J connectivity index is 1.67. The molecule has 0 unspecified atom stereocenters. The zero-order valence-corrected chi connectivity index (χ0v) is 16.5. The van der Waals surface area contributed by atoms with Gasteiger partial charge in [-0.1, -0.05) is 27.5 Å². The van der Waals surface area contributed by atoms with Crippen LogP contribution < -0.4 is 4.74 Å². The number of carbonyl (C=O) groups excluding carboxylic acids is 2. The van der Waals surface area contributed by atoms with Crippen LogP contribution in [0, 0.1) is 0 Å². The molecule has 1 saturated heterocycles. The summed E-state index contributed by atoms with van der Waals surface area (Å²) in [5, 5.41) is 0.539. The van der Waals surface area contributed by atoms with Crippen molar-refractivity contribution in [1.82, 2.24) is 9.80 Å². The number of hydrogen-bond acceptors (Lipinski definition) is 4. The minimum atomic E-state index is -0.0330. The average Bonchev–Trinajstić information content (AvgIpc) is 2.60. The molecule has 2 rings (SSSR count). The Morgan fingerprint density at radius 3 is 2.40 bits per heavy atom. The molecule has 1 aliphatic heterocycles. The maximum Gasteiger partial charge on any atom is 0.248 e. The Morgan fingerprint density at radius 2 is 1.80 bits per heavy atom. The van der Waals surface area contributed by atoms with Crippen LogP contribution in [0.1, 0.15) is 12.8 Å². The number of rotatable bonds is 7. The molecule has 0 atom stereocenters. The number of methoxy groups -OCH3 is 1. The van der Waals surface area contributed by atoms with Crippen molar-refractivity contribution in [2.24, 2.45) is 0 Å². The summed E-state index contributed by atoms with van der Waals surface area (Å²) in [4.78, 5) is 27.5. The summed E-state index contributed by atoms with van der Waals surface area (Å²) in [5.41, 5.74) is 0. The molecule has 1 aliphatic rings. The first-order valence-electron chi connectivity index (χ1n) is 8.13. The van der Waals surface area contributed by atoms with Crippen molar-refractivity contribution in [2.45, 2.75) is 12.8 Å². The maximum atomic E-state index is 12.2. The molecule has 0 spiro atoms. The molecule has 0 aromatic heterocycles. The monoisotopic (exact) mass is 432 g/mol. The average molecular weight is 434 g/mol. The third-order valence-electron chi connectivity index (χ3n) is 3.94. The van der Waals surface area contributed by atoms with Gasteiger partial charge in [-0.3, -0.25) is 9.59 Å². The Morgan fingerprint density at radius 1 is 1.16 bits per heavy atom. The minimum absolute atomic E-state index is 0.0330. The molecule has 2 amide bonds. The smallest absolute Gasteiger partial charge is 0.248 e. The van der Waals surface area contributed by atoms with Crippen molar-refractivity contribution in [3.05, 3.63) is 27.7 Å². The molecule has 138 valence electrons. The summed E-state index contributed by atoms with van der Waals surface area (Å²) >= 11 is 9.42. The van der Waals surface area contributed by atoms with Gasteiger partial charge in [0.05, 0.1) is 11.6 Å². The minimum Gasteiger partial charge on any atom is -0.492 e. The van der Waals surface area contributed by atoms with Crippen LogP contribution in [-0.4, -0.2) is 68.1 Å². The van der Waals surface area contributed by atoms with Crippen LogP contribution in [-0.2, 0) is 14.3 Å². The number of ether oxygens (including phenoxy) is 2. The van der Waals surface area contributed by atoms with Gasteiger partial charge in [0.25, 0.3) is 0 Å². The Hall–Kier alpha value is -1.31. The SMILES string of the molecule is COCC(=O)N1CCN(C(=O)CCCOc2ccc(Br)cc2Cl)CC1. The Labute approximate surface area is 161 Å². The lowest BCUT2D eigenvalue weighted by Gasteiger charge is -2.34. The zero-order valence-electron chi connectivity index (χ0n) is 14.2. The highest BCUT2D eigenvalue weighted by atomic mass is 79.9. The quantitative estimate of drug-likeness (QED) is 0.620. The number of nitrogens with zero attached hydrogens (tertiary/aromatic N) is 2.